The Balaban J connectivity index is 1.86. The number of hydrogen-bond acceptors (Lipinski definition) is 3. The summed E-state index contributed by atoms with van der Waals surface area (Å²) in [6.07, 6.45) is 2.71. The number of ether oxygens (including phenoxy) is 1. The topological polar surface area (TPSA) is 29.5 Å². The van der Waals surface area contributed by atoms with Gasteiger partial charge in [-0.05, 0) is 37.8 Å². The number of carbonyl (C=O) groups excluding carboxylic acids is 1. The molecule has 0 amide bonds. The molecule has 2 rings (SSSR count). The Morgan fingerprint density at radius 2 is 1.89 bits per heavy atom. The van der Waals surface area contributed by atoms with Crippen molar-refractivity contribution in [3.8, 4) is 0 Å². The van der Waals surface area contributed by atoms with Gasteiger partial charge in [-0.15, -0.1) is 0 Å². The standard InChI is InChI=1S/C15H21NO2/c1-12-3-5-14(6-4-12)16-9-7-13(8-10-16)11-15(17)18-2/h3-6,13H,7-11H2,1-2H3. The summed E-state index contributed by atoms with van der Waals surface area (Å²) >= 11 is 0. The summed E-state index contributed by atoms with van der Waals surface area (Å²) in [5.74, 6) is 0.405. The molecule has 1 fully saturated rings. The predicted molar refractivity (Wildman–Crippen MR) is 72.7 cm³/mol. The normalized spacial score (nSPS) is 16.7. The molecule has 3 nitrogen and oxygen atoms in total. The van der Waals surface area contributed by atoms with Crippen LogP contribution in [0.25, 0.3) is 0 Å². The minimum atomic E-state index is -0.0798. The lowest BCUT2D eigenvalue weighted by Crippen LogP contribution is -2.34. The largest absolute Gasteiger partial charge is 0.469 e. The molecule has 1 aromatic rings. The van der Waals surface area contributed by atoms with Crippen LogP contribution in [0.15, 0.2) is 24.3 Å². The van der Waals surface area contributed by atoms with Gasteiger partial charge in [-0.3, -0.25) is 4.79 Å². The Bertz CT molecular complexity index is 391. The number of benzene rings is 1. The van der Waals surface area contributed by atoms with E-state index < -0.39 is 0 Å². The van der Waals surface area contributed by atoms with Gasteiger partial charge in [0, 0.05) is 25.2 Å². The first-order valence-electron chi connectivity index (χ1n) is 6.57. The van der Waals surface area contributed by atoms with E-state index in [0.717, 1.165) is 25.9 Å². The van der Waals surface area contributed by atoms with Crippen LogP contribution in [0, 0.1) is 12.8 Å². The molecule has 0 unspecified atom stereocenters. The molecule has 0 aromatic heterocycles. The first-order chi connectivity index (χ1) is 8.69. The maximum Gasteiger partial charge on any atom is 0.305 e. The van der Waals surface area contributed by atoms with Crippen LogP contribution in [-0.2, 0) is 9.53 Å². The zero-order valence-corrected chi connectivity index (χ0v) is 11.2. The number of anilines is 1. The van der Waals surface area contributed by atoms with Gasteiger partial charge in [0.1, 0.15) is 0 Å². The lowest BCUT2D eigenvalue weighted by Gasteiger charge is -2.33. The molecule has 1 aliphatic heterocycles. The molecule has 1 aliphatic rings. The van der Waals surface area contributed by atoms with Crippen molar-refractivity contribution in [1.82, 2.24) is 0 Å². The molecule has 0 saturated carbocycles. The third-order valence-electron chi connectivity index (χ3n) is 3.70. The SMILES string of the molecule is COC(=O)CC1CCN(c2ccc(C)cc2)CC1. The number of esters is 1. The third-order valence-corrected chi connectivity index (χ3v) is 3.70. The lowest BCUT2D eigenvalue weighted by molar-refractivity contribution is -0.141. The van der Waals surface area contributed by atoms with E-state index in [9.17, 15) is 4.79 Å². The van der Waals surface area contributed by atoms with Crippen molar-refractivity contribution in [3.63, 3.8) is 0 Å². The highest BCUT2D eigenvalue weighted by atomic mass is 16.5. The second-order valence-electron chi connectivity index (χ2n) is 5.05. The number of methoxy groups -OCH3 is 1. The maximum absolute atomic E-state index is 11.2. The fraction of sp³-hybridized carbons (Fsp3) is 0.533. The van der Waals surface area contributed by atoms with Crippen LogP contribution in [0.2, 0.25) is 0 Å². The van der Waals surface area contributed by atoms with Crippen molar-refractivity contribution in [2.24, 2.45) is 5.92 Å². The first kappa shape index (κ1) is 12.9. The highest BCUT2D eigenvalue weighted by molar-refractivity contribution is 5.69. The number of carbonyl (C=O) groups is 1. The van der Waals surface area contributed by atoms with Crippen LogP contribution in [0.4, 0.5) is 5.69 Å². The minimum Gasteiger partial charge on any atom is -0.469 e. The van der Waals surface area contributed by atoms with Gasteiger partial charge in [0.05, 0.1) is 7.11 Å². The van der Waals surface area contributed by atoms with Gasteiger partial charge >= 0.3 is 5.97 Å². The van der Waals surface area contributed by atoms with E-state index in [-0.39, 0.29) is 5.97 Å². The van der Waals surface area contributed by atoms with Crippen LogP contribution >= 0.6 is 0 Å². The Morgan fingerprint density at radius 3 is 2.44 bits per heavy atom. The molecular formula is C15H21NO2. The molecule has 0 aliphatic carbocycles. The number of nitrogens with zero attached hydrogens (tertiary/aromatic N) is 1. The molecule has 1 aromatic carbocycles. The van der Waals surface area contributed by atoms with Gasteiger partial charge in [-0.2, -0.15) is 0 Å². The van der Waals surface area contributed by atoms with E-state index in [1.807, 2.05) is 0 Å². The van der Waals surface area contributed by atoms with Gasteiger partial charge in [0.2, 0.25) is 0 Å². The van der Waals surface area contributed by atoms with Crippen LogP contribution in [-0.4, -0.2) is 26.2 Å². The Morgan fingerprint density at radius 1 is 1.28 bits per heavy atom. The number of rotatable bonds is 3. The molecular weight excluding hydrogens is 226 g/mol. The number of piperidine rings is 1. The fourth-order valence-electron chi connectivity index (χ4n) is 2.47. The van der Waals surface area contributed by atoms with Crippen molar-refractivity contribution in [2.45, 2.75) is 26.2 Å². The summed E-state index contributed by atoms with van der Waals surface area (Å²) in [6, 6.07) is 8.65. The van der Waals surface area contributed by atoms with Crippen molar-refractivity contribution in [2.75, 3.05) is 25.1 Å². The van der Waals surface area contributed by atoms with Crippen molar-refractivity contribution in [3.05, 3.63) is 29.8 Å². The smallest absolute Gasteiger partial charge is 0.305 e. The highest BCUT2D eigenvalue weighted by Crippen LogP contribution is 2.25. The summed E-state index contributed by atoms with van der Waals surface area (Å²) in [5, 5.41) is 0. The molecule has 3 heteroatoms. The average molecular weight is 247 g/mol. The van der Waals surface area contributed by atoms with Gasteiger partial charge in [-0.1, -0.05) is 17.7 Å². The van der Waals surface area contributed by atoms with E-state index >= 15 is 0 Å². The molecule has 0 spiro atoms. The maximum atomic E-state index is 11.2. The molecule has 18 heavy (non-hydrogen) atoms. The monoisotopic (exact) mass is 247 g/mol. The Hall–Kier alpha value is -1.51. The summed E-state index contributed by atoms with van der Waals surface area (Å²) in [5.41, 5.74) is 2.58. The van der Waals surface area contributed by atoms with Crippen LogP contribution in [0.5, 0.6) is 0 Å². The molecule has 1 saturated heterocycles. The minimum absolute atomic E-state index is 0.0798. The molecule has 0 N–H and O–H groups in total. The molecule has 0 bridgehead atoms. The van der Waals surface area contributed by atoms with Crippen LogP contribution in [0.3, 0.4) is 0 Å². The highest BCUT2D eigenvalue weighted by Gasteiger charge is 2.21. The summed E-state index contributed by atoms with van der Waals surface area (Å²) in [4.78, 5) is 13.6. The summed E-state index contributed by atoms with van der Waals surface area (Å²) in [6.45, 7) is 4.17. The quantitative estimate of drug-likeness (QED) is 0.769. The Labute approximate surface area is 109 Å². The third kappa shape index (κ3) is 3.25. The molecule has 1 heterocycles. The van der Waals surface area contributed by atoms with E-state index in [4.69, 9.17) is 4.74 Å². The fourth-order valence-corrected chi connectivity index (χ4v) is 2.47. The van der Waals surface area contributed by atoms with Crippen molar-refractivity contribution in [1.29, 1.82) is 0 Å². The molecule has 98 valence electrons. The van der Waals surface area contributed by atoms with E-state index in [1.165, 1.54) is 18.4 Å². The van der Waals surface area contributed by atoms with Crippen molar-refractivity contribution < 1.29 is 9.53 Å². The molecule has 0 radical (unpaired) electrons. The van der Waals surface area contributed by atoms with Gasteiger partial charge in [0.25, 0.3) is 0 Å². The Kier molecular flexibility index (Phi) is 4.24. The second-order valence-corrected chi connectivity index (χ2v) is 5.05. The van der Waals surface area contributed by atoms with Crippen LogP contribution < -0.4 is 4.90 Å². The van der Waals surface area contributed by atoms with Crippen LogP contribution in [0.1, 0.15) is 24.8 Å². The van der Waals surface area contributed by atoms with E-state index in [2.05, 4.69) is 36.1 Å². The number of hydrogen-bond donors (Lipinski definition) is 0. The molecule has 0 atom stereocenters. The summed E-state index contributed by atoms with van der Waals surface area (Å²) in [7, 11) is 1.46. The van der Waals surface area contributed by atoms with Gasteiger partial charge in [0.15, 0.2) is 0 Å². The van der Waals surface area contributed by atoms with Gasteiger partial charge in [-0.25, -0.2) is 0 Å². The second kappa shape index (κ2) is 5.89. The number of aryl methyl sites for hydroxylation is 1. The zero-order valence-electron chi connectivity index (χ0n) is 11.2. The summed E-state index contributed by atoms with van der Waals surface area (Å²) < 4.78 is 4.73. The first-order valence-corrected chi connectivity index (χ1v) is 6.57. The van der Waals surface area contributed by atoms with E-state index in [1.54, 1.807) is 0 Å². The van der Waals surface area contributed by atoms with Gasteiger partial charge < -0.3 is 9.64 Å². The average Bonchev–Trinajstić information content (AvgIpc) is 2.40. The zero-order chi connectivity index (χ0) is 13.0. The predicted octanol–water partition coefficient (Wildman–Crippen LogP) is 2.77. The van der Waals surface area contributed by atoms with Crippen molar-refractivity contribution >= 4 is 11.7 Å². The lowest BCUT2D eigenvalue weighted by atomic mass is 9.93. The van der Waals surface area contributed by atoms with E-state index in [0.29, 0.717) is 12.3 Å².